The number of halogens is 2. The molecule has 4 nitrogen and oxygen atoms in total. The Morgan fingerprint density at radius 3 is 2.48 bits per heavy atom. The summed E-state index contributed by atoms with van der Waals surface area (Å²) in [4.78, 5) is 14.9. The average Bonchev–Trinajstić information content (AvgIpc) is 3.22. The summed E-state index contributed by atoms with van der Waals surface area (Å²) in [7, 11) is 0. The van der Waals surface area contributed by atoms with E-state index < -0.39 is 0 Å². The highest BCUT2D eigenvalue weighted by Crippen LogP contribution is 2.30. The molecule has 0 spiro atoms. The van der Waals surface area contributed by atoms with Gasteiger partial charge in [-0.1, -0.05) is 47.5 Å². The first-order chi connectivity index (χ1) is 15.1. The molecule has 166 valence electrons. The van der Waals surface area contributed by atoms with Crippen molar-refractivity contribution < 1.29 is 9.53 Å². The second-order valence-corrected chi connectivity index (χ2v) is 9.64. The molecule has 1 heterocycles. The molecule has 31 heavy (non-hydrogen) atoms. The summed E-state index contributed by atoms with van der Waals surface area (Å²) < 4.78 is 5.44. The molecule has 0 aromatic heterocycles. The molecule has 2 aliphatic rings. The molecule has 0 radical (unpaired) electrons. The molecule has 2 fully saturated rings. The number of nitrogens with one attached hydrogen (secondary N) is 1. The molecular formula is C25H30Cl2N2O2. The van der Waals surface area contributed by atoms with Crippen molar-refractivity contribution in [3.05, 3.63) is 69.7 Å². The van der Waals surface area contributed by atoms with E-state index in [1.54, 1.807) is 0 Å². The van der Waals surface area contributed by atoms with Crippen molar-refractivity contribution >= 4 is 29.3 Å². The van der Waals surface area contributed by atoms with Crippen LogP contribution in [0, 0.1) is 5.92 Å². The van der Waals surface area contributed by atoms with Crippen molar-refractivity contribution in [3.8, 4) is 0 Å². The number of nitrogens with zero attached hydrogens (tertiary/aromatic N) is 1. The van der Waals surface area contributed by atoms with Gasteiger partial charge in [0.05, 0.1) is 0 Å². The maximum atomic E-state index is 12.4. The minimum atomic E-state index is -0.338. The quantitative estimate of drug-likeness (QED) is 0.566. The molecule has 1 amide bonds. The summed E-state index contributed by atoms with van der Waals surface area (Å²) >= 11 is 12.0. The van der Waals surface area contributed by atoms with Gasteiger partial charge in [-0.25, -0.2) is 4.79 Å². The minimum Gasteiger partial charge on any atom is -0.445 e. The van der Waals surface area contributed by atoms with Gasteiger partial charge in [0.15, 0.2) is 0 Å². The van der Waals surface area contributed by atoms with Gasteiger partial charge in [0.2, 0.25) is 0 Å². The lowest BCUT2D eigenvalue weighted by Crippen LogP contribution is -2.51. The molecule has 2 atom stereocenters. The van der Waals surface area contributed by atoms with Gasteiger partial charge in [-0.2, -0.15) is 0 Å². The third-order valence-electron chi connectivity index (χ3n) is 6.60. The van der Waals surface area contributed by atoms with E-state index in [0.717, 1.165) is 49.4 Å². The van der Waals surface area contributed by atoms with E-state index in [4.69, 9.17) is 27.9 Å². The van der Waals surface area contributed by atoms with Crippen molar-refractivity contribution in [1.29, 1.82) is 0 Å². The van der Waals surface area contributed by atoms with E-state index in [1.807, 2.05) is 36.4 Å². The second kappa shape index (κ2) is 10.7. The number of likely N-dealkylation sites (tertiary alicyclic amines) is 1. The Morgan fingerprint density at radius 2 is 1.74 bits per heavy atom. The molecule has 1 aliphatic heterocycles. The zero-order chi connectivity index (χ0) is 21.6. The molecule has 2 aromatic rings. The van der Waals surface area contributed by atoms with Gasteiger partial charge in [-0.05, 0) is 92.9 Å². The number of benzene rings is 2. The number of piperidine rings is 1. The Kier molecular flexibility index (Phi) is 7.76. The van der Waals surface area contributed by atoms with E-state index in [2.05, 4.69) is 22.3 Å². The maximum Gasteiger partial charge on any atom is 0.407 e. The Bertz CT molecular complexity index is 866. The van der Waals surface area contributed by atoms with Gasteiger partial charge < -0.3 is 10.1 Å². The zero-order valence-corrected chi connectivity index (χ0v) is 19.2. The molecule has 0 unspecified atom stereocenters. The van der Waals surface area contributed by atoms with E-state index in [1.165, 1.54) is 18.4 Å². The van der Waals surface area contributed by atoms with Crippen molar-refractivity contribution in [2.75, 3.05) is 13.1 Å². The number of hydrogen-bond acceptors (Lipinski definition) is 3. The number of hydrogen-bond donors (Lipinski definition) is 1. The number of ether oxygens (including phenoxy) is 1. The lowest BCUT2D eigenvalue weighted by Gasteiger charge is -2.38. The predicted molar refractivity (Wildman–Crippen MR) is 126 cm³/mol. The summed E-state index contributed by atoms with van der Waals surface area (Å²) in [6.07, 6.45) is 6.48. The van der Waals surface area contributed by atoms with E-state index >= 15 is 0 Å². The summed E-state index contributed by atoms with van der Waals surface area (Å²) in [6.45, 7) is 2.43. The van der Waals surface area contributed by atoms with Gasteiger partial charge in [-0.15, -0.1) is 0 Å². The van der Waals surface area contributed by atoms with Crippen LogP contribution < -0.4 is 5.32 Å². The molecule has 0 bridgehead atoms. The van der Waals surface area contributed by atoms with Crippen molar-refractivity contribution in [1.82, 2.24) is 10.2 Å². The lowest BCUT2D eigenvalue weighted by molar-refractivity contribution is 0.104. The summed E-state index contributed by atoms with van der Waals surface area (Å²) in [6, 6.07) is 16.2. The third-order valence-corrected chi connectivity index (χ3v) is 7.08. The zero-order valence-electron chi connectivity index (χ0n) is 17.7. The molecule has 1 N–H and O–H groups in total. The first kappa shape index (κ1) is 22.4. The van der Waals surface area contributed by atoms with Gasteiger partial charge in [0.25, 0.3) is 0 Å². The smallest absolute Gasteiger partial charge is 0.407 e. The van der Waals surface area contributed by atoms with Crippen LogP contribution >= 0.6 is 23.2 Å². The second-order valence-electron chi connectivity index (χ2n) is 8.77. The highest BCUT2D eigenvalue weighted by Gasteiger charge is 2.35. The van der Waals surface area contributed by atoms with Gasteiger partial charge in [-0.3, -0.25) is 4.90 Å². The van der Waals surface area contributed by atoms with Crippen LogP contribution in [0.2, 0.25) is 10.0 Å². The van der Waals surface area contributed by atoms with Crippen LogP contribution in [-0.2, 0) is 17.8 Å². The molecule has 1 saturated carbocycles. The predicted octanol–water partition coefficient (Wildman–Crippen LogP) is 6.10. The van der Waals surface area contributed by atoms with Crippen molar-refractivity contribution in [2.24, 2.45) is 5.92 Å². The fraction of sp³-hybridized carbons (Fsp3) is 0.480. The summed E-state index contributed by atoms with van der Waals surface area (Å²) in [5, 5.41) is 4.56. The Hall–Kier alpha value is -1.75. The molecule has 6 heteroatoms. The number of carbonyl (C=O) groups is 1. The van der Waals surface area contributed by atoms with Crippen LogP contribution in [0.15, 0.2) is 48.5 Å². The normalized spacial score (nSPS) is 22.4. The van der Waals surface area contributed by atoms with Crippen LogP contribution in [0.1, 0.15) is 43.2 Å². The SMILES string of the molecule is O=C(N[C@@H]1CCC[C@H]1N1CCC(Cc2ccc(Cl)cc2)CC1)OCc1cccc(Cl)c1. The van der Waals surface area contributed by atoms with Crippen LogP contribution in [0.25, 0.3) is 0 Å². The van der Waals surface area contributed by atoms with E-state index in [-0.39, 0.29) is 18.7 Å². The Balaban J connectivity index is 1.23. The third kappa shape index (κ3) is 6.38. The topological polar surface area (TPSA) is 41.6 Å². The maximum absolute atomic E-state index is 12.4. The molecule has 4 rings (SSSR count). The van der Waals surface area contributed by atoms with Crippen LogP contribution in [0.3, 0.4) is 0 Å². The van der Waals surface area contributed by atoms with Crippen LogP contribution in [0.5, 0.6) is 0 Å². The Labute approximate surface area is 194 Å². The fourth-order valence-corrected chi connectivity index (χ4v) is 5.30. The average molecular weight is 461 g/mol. The molecule has 2 aromatic carbocycles. The van der Waals surface area contributed by atoms with Crippen LogP contribution in [-0.4, -0.2) is 36.2 Å². The number of amides is 1. The number of carbonyl (C=O) groups excluding carboxylic acids is 1. The first-order valence-electron chi connectivity index (χ1n) is 11.2. The first-order valence-corrected chi connectivity index (χ1v) is 12.0. The van der Waals surface area contributed by atoms with Crippen molar-refractivity contribution in [3.63, 3.8) is 0 Å². The van der Waals surface area contributed by atoms with Gasteiger partial charge in [0, 0.05) is 22.1 Å². The monoisotopic (exact) mass is 460 g/mol. The number of alkyl carbamates (subject to hydrolysis) is 1. The lowest BCUT2D eigenvalue weighted by atomic mass is 9.89. The van der Waals surface area contributed by atoms with Gasteiger partial charge >= 0.3 is 6.09 Å². The highest BCUT2D eigenvalue weighted by atomic mass is 35.5. The van der Waals surface area contributed by atoms with E-state index in [0.29, 0.717) is 17.0 Å². The largest absolute Gasteiger partial charge is 0.445 e. The molecule has 1 saturated heterocycles. The number of rotatable bonds is 6. The molecule has 1 aliphatic carbocycles. The standard InChI is InChI=1S/C25H30Cl2N2O2/c26-21-9-7-18(8-10-21)15-19-11-13-29(14-12-19)24-6-2-5-23(24)28-25(30)31-17-20-3-1-4-22(27)16-20/h1,3-4,7-10,16,19,23-24H,2,5-6,11-15,17H2,(H,28,30)/t23-,24-/m1/s1. The fourth-order valence-electron chi connectivity index (χ4n) is 4.96. The molecular weight excluding hydrogens is 431 g/mol. The highest BCUT2D eigenvalue weighted by molar-refractivity contribution is 6.30. The van der Waals surface area contributed by atoms with Crippen molar-refractivity contribution in [2.45, 2.75) is 57.2 Å². The van der Waals surface area contributed by atoms with Gasteiger partial charge in [0.1, 0.15) is 6.61 Å². The van der Waals surface area contributed by atoms with Crippen LogP contribution in [0.4, 0.5) is 4.79 Å². The van der Waals surface area contributed by atoms with E-state index in [9.17, 15) is 4.79 Å². The summed E-state index contributed by atoms with van der Waals surface area (Å²) in [5.74, 6) is 0.716. The minimum absolute atomic E-state index is 0.166. The Morgan fingerprint density at radius 1 is 0.968 bits per heavy atom. The summed E-state index contributed by atoms with van der Waals surface area (Å²) in [5.41, 5.74) is 2.26.